The van der Waals surface area contributed by atoms with Crippen LogP contribution in [0.3, 0.4) is 0 Å². The molecule has 9 nitrogen and oxygen atoms in total. The lowest BCUT2D eigenvalue weighted by atomic mass is 9.99. The van der Waals surface area contributed by atoms with Crippen LogP contribution in [0.2, 0.25) is 0 Å². The van der Waals surface area contributed by atoms with Crippen molar-refractivity contribution < 1.29 is 19.8 Å². The molecule has 9 heteroatoms. The van der Waals surface area contributed by atoms with Gasteiger partial charge in [-0.05, 0) is 36.6 Å². The maximum atomic E-state index is 12.3. The Balaban J connectivity index is 1.67. The molecule has 1 saturated heterocycles. The zero-order valence-corrected chi connectivity index (χ0v) is 18.9. The maximum Gasteiger partial charge on any atom is 0.345 e. The summed E-state index contributed by atoms with van der Waals surface area (Å²) in [6.07, 6.45) is 1.29. The quantitative estimate of drug-likeness (QED) is 0.454. The summed E-state index contributed by atoms with van der Waals surface area (Å²) in [4.78, 5) is 40.0. The fourth-order valence-electron chi connectivity index (χ4n) is 4.74. The molecule has 3 heterocycles. The third-order valence-electron chi connectivity index (χ3n) is 6.35. The Morgan fingerprint density at radius 1 is 1.27 bits per heavy atom. The van der Waals surface area contributed by atoms with Crippen molar-refractivity contribution in [2.75, 3.05) is 13.1 Å². The Bertz CT molecular complexity index is 1310. The number of aromatic nitrogens is 2. The number of amides is 1. The molecule has 4 rings (SSSR count). The number of aromatic amines is 1. The first kappa shape index (κ1) is 22.6. The van der Waals surface area contributed by atoms with E-state index in [0.29, 0.717) is 23.2 Å². The van der Waals surface area contributed by atoms with Gasteiger partial charge in [-0.2, -0.15) is 0 Å². The molecular weight excluding hydrogens is 424 g/mol. The highest BCUT2D eigenvalue weighted by atomic mass is 16.4. The second kappa shape index (κ2) is 8.74. The number of rotatable bonds is 6. The molecule has 0 aliphatic carbocycles. The molecule has 174 valence electrons. The SMILES string of the molecule is CCc1c(-c2ccc3c(c2)cc(CN2CCC(NC(C)=O)C2)n3C)[nH]c(=O)c(C(=O)O)c1O. The number of carboxylic acid groups (broad SMARTS) is 1. The lowest BCUT2D eigenvalue weighted by Gasteiger charge is -2.17. The predicted octanol–water partition coefficient (Wildman–Crippen LogP) is 2.21. The van der Waals surface area contributed by atoms with Gasteiger partial charge in [0.05, 0.1) is 5.69 Å². The van der Waals surface area contributed by atoms with E-state index in [-0.39, 0.29) is 11.9 Å². The van der Waals surface area contributed by atoms with Gasteiger partial charge in [0.15, 0.2) is 5.56 Å². The first-order valence-electron chi connectivity index (χ1n) is 11.0. The summed E-state index contributed by atoms with van der Waals surface area (Å²) < 4.78 is 2.12. The molecule has 0 spiro atoms. The lowest BCUT2D eigenvalue weighted by molar-refractivity contribution is -0.119. The smallest absolute Gasteiger partial charge is 0.345 e. The third kappa shape index (κ3) is 4.23. The van der Waals surface area contributed by atoms with Crippen LogP contribution in [0.15, 0.2) is 29.1 Å². The Morgan fingerprint density at radius 3 is 2.70 bits per heavy atom. The molecule has 1 aromatic carbocycles. The van der Waals surface area contributed by atoms with Crippen LogP contribution in [-0.2, 0) is 24.8 Å². The summed E-state index contributed by atoms with van der Waals surface area (Å²) in [5, 5.41) is 23.7. The van der Waals surface area contributed by atoms with E-state index in [1.165, 1.54) is 6.92 Å². The van der Waals surface area contributed by atoms with E-state index >= 15 is 0 Å². The van der Waals surface area contributed by atoms with Gasteiger partial charge >= 0.3 is 5.97 Å². The fourth-order valence-corrected chi connectivity index (χ4v) is 4.74. The lowest BCUT2D eigenvalue weighted by Crippen LogP contribution is -2.35. The second-order valence-corrected chi connectivity index (χ2v) is 8.58. The van der Waals surface area contributed by atoms with Crippen molar-refractivity contribution in [1.82, 2.24) is 19.8 Å². The van der Waals surface area contributed by atoms with Crippen LogP contribution in [0.25, 0.3) is 22.2 Å². The standard InChI is InChI=1S/C24H28N4O5/c1-4-18-21(26-23(31)20(22(18)30)24(32)33)14-5-6-19-15(9-14)10-17(27(19)3)12-28-8-7-16(11-28)25-13(2)29/h5-6,9-10,16H,4,7-8,11-12H2,1-3H3,(H,25,29)(H,32,33)(H2,26,30,31). The number of carboxylic acids is 1. The van der Waals surface area contributed by atoms with Crippen LogP contribution in [0, 0.1) is 0 Å². The first-order chi connectivity index (χ1) is 15.7. The number of benzene rings is 1. The number of nitrogens with zero attached hydrogens (tertiary/aromatic N) is 2. The van der Waals surface area contributed by atoms with Gasteiger partial charge < -0.3 is 25.1 Å². The van der Waals surface area contributed by atoms with Crippen molar-refractivity contribution >= 4 is 22.8 Å². The number of aromatic hydroxyl groups is 1. The average Bonchev–Trinajstić information content (AvgIpc) is 3.30. The molecule has 33 heavy (non-hydrogen) atoms. The highest BCUT2D eigenvalue weighted by molar-refractivity contribution is 5.92. The molecule has 1 atom stereocenters. The molecule has 4 N–H and O–H groups in total. The number of carbonyl (C=O) groups is 2. The number of fused-ring (bicyclic) bond motifs is 1. The summed E-state index contributed by atoms with van der Waals surface area (Å²) in [5.41, 5.74) is 2.20. The van der Waals surface area contributed by atoms with E-state index in [1.54, 1.807) is 6.92 Å². The van der Waals surface area contributed by atoms with Crippen LogP contribution in [0.4, 0.5) is 0 Å². The normalized spacial score (nSPS) is 16.4. The van der Waals surface area contributed by atoms with Gasteiger partial charge in [0.2, 0.25) is 5.91 Å². The van der Waals surface area contributed by atoms with Gasteiger partial charge in [-0.25, -0.2) is 4.79 Å². The van der Waals surface area contributed by atoms with Crippen molar-refractivity contribution in [2.45, 2.75) is 39.3 Å². The monoisotopic (exact) mass is 452 g/mol. The van der Waals surface area contributed by atoms with Crippen molar-refractivity contribution in [3.63, 3.8) is 0 Å². The average molecular weight is 453 g/mol. The number of pyridine rings is 1. The van der Waals surface area contributed by atoms with E-state index in [9.17, 15) is 24.6 Å². The van der Waals surface area contributed by atoms with Crippen molar-refractivity contribution in [2.24, 2.45) is 7.05 Å². The fraction of sp³-hybridized carbons (Fsp3) is 0.375. The Morgan fingerprint density at radius 2 is 2.03 bits per heavy atom. The number of aryl methyl sites for hydroxylation is 1. The number of hydrogen-bond donors (Lipinski definition) is 4. The summed E-state index contributed by atoms with van der Waals surface area (Å²) >= 11 is 0. The molecule has 0 radical (unpaired) electrons. The number of hydrogen-bond acceptors (Lipinski definition) is 5. The van der Waals surface area contributed by atoms with Gasteiger partial charge in [-0.1, -0.05) is 13.0 Å². The first-order valence-corrected chi connectivity index (χ1v) is 11.0. The van der Waals surface area contributed by atoms with E-state index in [0.717, 1.165) is 42.7 Å². The summed E-state index contributed by atoms with van der Waals surface area (Å²) in [6, 6.07) is 8.03. The Hall–Kier alpha value is -3.59. The molecule has 1 unspecified atom stereocenters. The molecule has 0 saturated carbocycles. The molecule has 3 aromatic rings. The van der Waals surface area contributed by atoms with Gasteiger partial charge in [0.25, 0.3) is 5.56 Å². The van der Waals surface area contributed by atoms with Crippen LogP contribution >= 0.6 is 0 Å². The van der Waals surface area contributed by atoms with Crippen LogP contribution < -0.4 is 10.9 Å². The van der Waals surface area contributed by atoms with Crippen molar-refractivity contribution in [1.29, 1.82) is 0 Å². The van der Waals surface area contributed by atoms with E-state index in [1.807, 2.05) is 25.2 Å². The van der Waals surface area contributed by atoms with E-state index in [4.69, 9.17) is 0 Å². The number of aromatic carboxylic acids is 1. The van der Waals surface area contributed by atoms with Gasteiger partial charge in [0, 0.05) is 61.8 Å². The highest BCUT2D eigenvalue weighted by Crippen LogP contribution is 2.32. The van der Waals surface area contributed by atoms with Crippen molar-refractivity contribution in [3.05, 3.63) is 51.4 Å². The summed E-state index contributed by atoms with van der Waals surface area (Å²) in [7, 11) is 2.01. The molecule has 2 aromatic heterocycles. The number of carbonyl (C=O) groups excluding carboxylic acids is 1. The second-order valence-electron chi connectivity index (χ2n) is 8.58. The molecule has 1 fully saturated rings. The Labute approximate surface area is 190 Å². The van der Waals surface area contributed by atoms with E-state index < -0.39 is 22.8 Å². The minimum Gasteiger partial charge on any atom is -0.506 e. The maximum absolute atomic E-state index is 12.3. The predicted molar refractivity (Wildman–Crippen MR) is 124 cm³/mol. The van der Waals surface area contributed by atoms with Gasteiger partial charge in [0.1, 0.15) is 5.75 Å². The highest BCUT2D eigenvalue weighted by Gasteiger charge is 2.25. The largest absolute Gasteiger partial charge is 0.506 e. The minimum absolute atomic E-state index is 0.00843. The van der Waals surface area contributed by atoms with Crippen LogP contribution in [-0.4, -0.2) is 55.7 Å². The molecule has 1 aliphatic heterocycles. The third-order valence-corrected chi connectivity index (χ3v) is 6.35. The van der Waals surface area contributed by atoms with Crippen LogP contribution in [0.5, 0.6) is 5.75 Å². The van der Waals surface area contributed by atoms with Gasteiger partial charge in [-0.15, -0.1) is 0 Å². The number of likely N-dealkylation sites (tertiary alicyclic amines) is 1. The van der Waals surface area contributed by atoms with Gasteiger partial charge in [-0.3, -0.25) is 14.5 Å². The zero-order chi connectivity index (χ0) is 23.9. The topological polar surface area (TPSA) is 128 Å². The molecule has 1 aliphatic rings. The van der Waals surface area contributed by atoms with Crippen molar-refractivity contribution in [3.8, 4) is 17.0 Å². The Kier molecular flexibility index (Phi) is 5.99. The molecular formula is C24H28N4O5. The summed E-state index contributed by atoms with van der Waals surface area (Å²) in [6.45, 7) is 5.81. The number of H-pyrrole nitrogens is 1. The van der Waals surface area contributed by atoms with E-state index in [2.05, 4.69) is 25.8 Å². The van der Waals surface area contributed by atoms with Crippen LogP contribution in [0.1, 0.15) is 41.9 Å². The molecule has 0 bridgehead atoms. The summed E-state index contributed by atoms with van der Waals surface area (Å²) in [5.74, 6) is -1.95. The zero-order valence-electron chi connectivity index (χ0n) is 18.9. The number of nitrogens with one attached hydrogen (secondary N) is 2. The minimum atomic E-state index is -1.46. The molecule has 1 amide bonds.